The van der Waals surface area contributed by atoms with Crippen LogP contribution in [0, 0.1) is 12.7 Å². The largest absolute Gasteiger partial charge is 0.462 e. The Bertz CT molecular complexity index is 774. The predicted octanol–water partition coefficient (Wildman–Crippen LogP) is 6.98. The zero-order valence-electron chi connectivity index (χ0n) is 16.9. The second-order valence-electron chi connectivity index (χ2n) is 7.21. The first-order valence-corrected chi connectivity index (χ1v) is 10.3. The van der Waals surface area contributed by atoms with Crippen molar-refractivity contribution in [2.45, 2.75) is 65.4 Å². The highest BCUT2D eigenvalue weighted by atomic mass is 35.5. The van der Waals surface area contributed by atoms with Gasteiger partial charge in [0.15, 0.2) is 0 Å². The highest BCUT2D eigenvalue weighted by Crippen LogP contribution is 2.30. The van der Waals surface area contributed by atoms with Crippen LogP contribution >= 0.6 is 11.6 Å². The molecule has 0 saturated carbocycles. The van der Waals surface area contributed by atoms with E-state index in [1.54, 1.807) is 12.1 Å². The van der Waals surface area contributed by atoms with Gasteiger partial charge in [-0.3, -0.25) is 4.79 Å². The van der Waals surface area contributed by atoms with Gasteiger partial charge in [0.2, 0.25) is 0 Å². The Hall–Kier alpha value is -2.07. The molecule has 28 heavy (non-hydrogen) atoms. The summed E-state index contributed by atoms with van der Waals surface area (Å²) < 4.78 is 19.7. The number of halogens is 2. The Kier molecular flexibility index (Phi) is 8.78. The monoisotopic (exact) mass is 405 g/mol. The molecule has 0 saturated heterocycles. The first-order chi connectivity index (χ1) is 13.4. The third kappa shape index (κ3) is 6.83. The van der Waals surface area contributed by atoms with Gasteiger partial charge in [0.05, 0.1) is 23.2 Å². The van der Waals surface area contributed by atoms with Gasteiger partial charge in [-0.2, -0.15) is 0 Å². The van der Waals surface area contributed by atoms with Crippen LogP contribution in [0.2, 0.25) is 5.02 Å². The predicted molar refractivity (Wildman–Crippen MR) is 114 cm³/mol. The van der Waals surface area contributed by atoms with Gasteiger partial charge in [-0.15, -0.1) is 0 Å². The minimum atomic E-state index is -0.442. The Morgan fingerprint density at radius 3 is 2.71 bits per heavy atom. The maximum atomic E-state index is 14.1. The molecule has 152 valence electrons. The Labute approximate surface area is 172 Å². The Balaban J connectivity index is 2.05. The minimum absolute atomic E-state index is 0.105. The number of esters is 1. The number of ether oxygens (including phenoxy) is 1. The summed E-state index contributed by atoms with van der Waals surface area (Å²) in [6.07, 6.45) is 5.50. The highest BCUT2D eigenvalue weighted by molar-refractivity contribution is 6.33. The van der Waals surface area contributed by atoms with Crippen molar-refractivity contribution in [3.05, 3.63) is 58.4 Å². The zero-order valence-corrected chi connectivity index (χ0v) is 17.6. The molecule has 0 heterocycles. The lowest BCUT2D eigenvalue weighted by Crippen LogP contribution is -2.17. The van der Waals surface area contributed by atoms with Gasteiger partial charge in [-0.25, -0.2) is 4.39 Å². The van der Waals surface area contributed by atoms with Gasteiger partial charge in [0.1, 0.15) is 5.82 Å². The average molecular weight is 406 g/mol. The summed E-state index contributed by atoms with van der Waals surface area (Å²) in [4.78, 5) is 12.4. The van der Waals surface area contributed by atoms with Crippen LogP contribution in [0.1, 0.15) is 57.1 Å². The van der Waals surface area contributed by atoms with E-state index in [2.05, 4.69) is 12.2 Å². The molecule has 1 N–H and O–H groups in total. The lowest BCUT2D eigenvalue weighted by Gasteiger charge is -2.16. The van der Waals surface area contributed by atoms with Crippen molar-refractivity contribution in [3.8, 4) is 0 Å². The molecule has 0 aliphatic heterocycles. The van der Waals surface area contributed by atoms with Gasteiger partial charge in [-0.1, -0.05) is 61.5 Å². The van der Waals surface area contributed by atoms with Gasteiger partial charge in [0.25, 0.3) is 0 Å². The number of benzene rings is 2. The standard InChI is InChI=1S/C23H29ClFNO2/c1-4-5-6-7-9-17(3)28-22(27)15-18-14-16(2)12-13-21(18)26-23-19(24)10-8-11-20(23)25/h8,10-14,17,26H,4-7,9,15H2,1-3H3. The van der Waals surface area contributed by atoms with Crippen LogP contribution in [-0.2, 0) is 16.0 Å². The quantitative estimate of drug-likeness (QED) is 0.342. The molecule has 0 aromatic heterocycles. The molecule has 0 aliphatic rings. The van der Waals surface area contributed by atoms with Crippen LogP contribution in [0.3, 0.4) is 0 Å². The van der Waals surface area contributed by atoms with Crippen LogP contribution in [-0.4, -0.2) is 12.1 Å². The number of hydrogen-bond donors (Lipinski definition) is 1. The molecule has 0 amide bonds. The summed E-state index contributed by atoms with van der Waals surface area (Å²) in [7, 11) is 0. The Morgan fingerprint density at radius 1 is 1.21 bits per heavy atom. The van der Waals surface area contributed by atoms with Crippen LogP contribution in [0.5, 0.6) is 0 Å². The van der Waals surface area contributed by atoms with Crippen molar-refractivity contribution >= 4 is 28.9 Å². The molecule has 2 aromatic rings. The molecule has 0 bridgehead atoms. The van der Waals surface area contributed by atoms with E-state index in [-0.39, 0.29) is 29.2 Å². The molecule has 0 aliphatic carbocycles. The van der Waals surface area contributed by atoms with E-state index < -0.39 is 5.82 Å². The summed E-state index contributed by atoms with van der Waals surface area (Å²) in [6, 6.07) is 10.2. The number of unbranched alkanes of at least 4 members (excludes halogenated alkanes) is 3. The second kappa shape index (κ2) is 11.1. The summed E-state index contributed by atoms with van der Waals surface area (Å²) in [5.74, 6) is -0.724. The van der Waals surface area contributed by atoms with E-state index in [4.69, 9.17) is 16.3 Å². The molecule has 3 nitrogen and oxygen atoms in total. The number of rotatable bonds is 10. The molecule has 0 radical (unpaired) electrons. The zero-order chi connectivity index (χ0) is 20.5. The van der Waals surface area contributed by atoms with Crippen molar-refractivity contribution in [1.82, 2.24) is 0 Å². The van der Waals surface area contributed by atoms with Gasteiger partial charge < -0.3 is 10.1 Å². The van der Waals surface area contributed by atoms with E-state index in [1.807, 2.05) is 32.0 Å². The lowest BCUT2D eigenvalue weighted by molar-refractivity contribution is -0.147. The number of para-hydroxylation sites is 1. The van der Waals surface area contributed by atoms with Gasteiger partial charge >= 0.3 is 5.97 Å². The second-order valence-corrected chi connectivity index (χ2v) is 7.62. The van der Waals surface area contributed by atoms with Crippen molar-refractivity contribution < 1.29 is 13.9 Å². The van der Waals surface area contributed by atoms with Crippen LogP contribution in [0.25, 0.3) is 0 Å². The third-order valence-electron chi connectivity index (χ3n) is 4.61. The summed E-state index contributed by atoms with van der Waals surface area (Å²) in [5, 5.41) is 3.32. The lowest BCUT2D eigenvalue weighted by atomic mass is 10.1. The minimum Gasteiger partial charge on any atom is -0.462 e. The van der Waals surface area contributed by atoms with Crippen molar-refractivity contribution in [2.24, 2.45) is 0 Å². The van der Waals surface area contributed by atoms with Crippen molar-refractivity contribution in [1.29, 1.82) is 0 Å². The number of aryl methyl sites for hydroxylation is 1. The fraction of sp³-hybridized carbons (Fsp3) is 0.435. The fourth-order valence-corrected chi connectivity index (χ4v) is 3.29. The first-order valence-electron chi connectivity index (χ1n) is 9.90. The van der Waals surface area contributed by atoms with Crippen molar-refractivity contribution in [3.63, 3.8) is 0 Å². The Morgan fingerprint density at radius 2 is 2.00 bits per heavy atom. The smallest absolute Gasteiger partial charge is 0.310 e. The first kappa shape index (κ1) is 22.2. The van der Waals surface area contributed by atoms with Gasteiger partial charge in [0, 0.05) is 5.69 Å². The fourth-order valence-electron chi connectivity index (χ4n) is 3.08. The molecule has 2 aromatic carbocycles. The number of anilines is 2. The summed E-state index contributed by atoms with van der Waals surface area (Å²) in [6.45, 7) is 6.05. The molecule has 1 atom stereocenters. The molecule has 1 unspecified atom stereocenters. The van der Waals surface area contributed by atoms with E-state index in [0.717, 1.165) is 30.4 Å². The third-order valence-corrected chi connectivity index (χ3v) is 4.93. The van der Waals surface area contributed by atoms with Crippen molar-refractivity contribution in [2.75, 3.05) is 5.32 Å². The number of carbonyl (C=O) groups is 1. The number of hydrogen-bond acceptors (Lipinski definition) is 3. The topological polar surface area (TPSA) is 38.3 Å². The molecule has 0 fully saturated rings. The molecular weight excluding hydrogens is 377 g/mol. The van der Waals surface area contributed by atoms with Crippen LogP contribution < -0.4 is 5.32 Å². The normalized spacial score (nSPS) is 11.9. The molecule has 0 spiro atoms. The maximum Gasteiger partial charge on any atom is 0.310 e. The van der Waals surface area contributed by atoms with Crippen LogP contribution in [0.4, 0.5) is 15.8 Å². The summed E-state index contributed by atoms with van der Waals surface area (Å²) >= 11 is 6.11. The van der Waals surface area contributed by atoms with Crippen LogP contribution in [0.15, 0.2) is 36.4 Å². The molecule has 2 rings (SSSR count). The number of nitrogens with one attached hydrogen (secondary N) is 1. The molecular formula is C23H29ClFNO2. The maximum absolute atomic E-state index is 14.1. The molecule has 5 heteroatoms. The SMILES string of the molecule is CCCCCCC(C)OC(=O)Cc1cc(C)ccc1Nc1c(F)cccc1Cl. The average Bonchev–Trinajstić information content (AvgIpc) is 2.63. The van der Waals surface area contributed by atoms with E-state index in [0.29, 0.717) is 5.69 Å². The van der Waals surface area contributed by atoms with E-state index >= 15 is 0 Å². The van der Waals surface area contributed by atoms with Gasteiger partial charge in [-0.05, 0) is 50.5 Å². The van der Waals surface area contributed by atoms with E-state index in [9.17, 15) is 9.18 Å². The summed E-state index contributed by atoms with van der Waals surface area (Å²) in [5.41, 5.74) is 2.61. The highest BCUT2D eigenvalue weighted by Gasteiger charge is 2.15. The number of carbonyl (C=O) groups excluding carboxylic acids is 1. The van der Waals surface area contributed by atoms with E-state index in [1.165, 1.54) is 18.9 Å².